The van der Waals surface area contributed by atoms with Crippen LogP contribution in [0.1, 0.15) is 165 Å². The van der Waals surface area contributed by atoms with E-state index in [4.69, 9.17) is 33.8 Å². The van der Waals surface area contributed by atoms with E-state index in [-0.39, 0.29) is 56.9 Å². The Bertz CT molecular complexity index is 3140. The molecule has 40 nitrogen and oxygen atoms in total. The summed E-state index contributed by atoms with van der Waals surface area (Å²) in [5.41, 5.74) is 28.3. The van der Waals surface area contributed by atoms with E-state index in [1.165, 1.54) is 33.3 Å². The van der Waals surface area contributed by atoms with Crippen molar-refractivity contribution in [1.29, 1.82) is 0 Å². The van der Waals surface area contributed by atoms with Crippen LogP contribution >= 0.6 is 0 Å². The summed E-state index contributed by atoms with van der Waals surface area (Å²) in [6.45, 7) is 16.3. The lowest BCUT2D eigenvalue weighted by Crippen LogP contribution is -2.61. The van der Waals surface area contributed by atoms with Crippen LogP contribution in [0.5, 0.6) is 0 Å². The number of carboxylic acid groups (broad SMARTS) is 2. The van der Waals surface area contributed by atoms with Gasteiger partial charge >= 0.3 is 11.9 Å². The Balaban J connectivity index is 3.27. The maximum absolute atomic E-state index is 14.2. The van der Waals surface area contributed by atoms with Gasteiger partial charge in [-0.2, -0.15) is 0 Å². The van der Waals surface area contributed by atoms with Crippen LogP contribution in [0, 0.1) is 23.7 Å². The van der Waals surface area contributed by atoms with Crippen LogP contribution in [0.25, 0.3) is 0 Å². The third-order valence-electron chi connectivity index (χ3n) is 16.4. The SMILES string of the molecule is CC(C)C[C@H](NC(=O)[C@H](CC(C)C)NC(=O)[C@H](CC(=O)O)NC(=O)[C@H](C)NC(=O)[C@H](Cc1cnc[nH]1)NC(=O)[C@@H](N)CCC(=O)O)C(=O)N[C@@H](C)C(=O)N[C@H](C(=O)N[C@H](C(=O)N[C@@H](C)C(=O)N[C@@H](CO)C(=O)N[C@@H](CCC(N)=O)C(=O)N[C@@H](CCCCN)C(=O)N[C@@H](CCCCN)C(N)=O)C(C)C)C(C)C. The number of carboxylic acids is 2. The van der Waals surface area contributed by atoms with Crippen LogP contribution in [0.15, 0.2) is 12.5 Å². The standard InChI is InChI=1S/C66H114N20O20/c1-31(2)24-43(82-62(102)44(25-32(3)4)83-63(103)46(27-50(91)92)80-54(94)35(9)74-61(101)45(26-38-28-72-30-73-38)81-57(97)39(69)18-21-49(89)90)60(100)75-37(11)56(96)85-52(34(7)8)66(106)86-51(33(5)6)65(105)76-36(10)55(95)84-47(29-87)64(104)79-42(19-20-48(70)88)59(99)78-41(17-13-15-23-68)58(98)77-40(53(71)93)16-12-14-22-67/h28,30-37,39-47,51-52,87H,12-27,29,67-69H2,1-11H3,(H2,70,88)(H2,71,93)(H,72,73)(H,74,101)(H,75,100)(H,76,105)(H,77,98)(H,78,99)(H,79,104)(H,80,94)(H,81,97)(H,82,102)(H,83,103)(H,84,95)(H,85,96)(H,86,106)(H,89,90)(H,91,92)/t35-,36-,37-,39-,40-,41-,42-,43-,44-,45-,46-,47-,51-,52-/m0/s1. The number of aliphatic hydroxyl groups excluding tert-OH is 1. The molecule has 1 heterocycles. The van der Waals surface area contributed by atoms with Crippen LogP contribution in [0.2, 0.25) is 0 Å². The molecule has 1 rings (SSSR count). The van der Waals surface area contributed by atoms with E-state index in [0.717, 1.165) is 0 Å². The number of nitrogens with zero attached hydrogens (tertiary/aromatic N) is 1. The summed E-state index contributed by atoms with van der Waals surface area (Å²) in [5.74, 6) is -19.0. The van der Waals surface area contributed by atoms with Crippen LogP contribution in [0.4, 0.5) is 0 Å². The number of aromatic amines is 1. The zero-order valence-electron chi connectivity index (χ0n) is 62.2. The smallest absolute Gasteiger partial charge is 0.305 e. The molecule has 0 radical (unpaired) electrons. The van der Waals surface area contributed by atoms with Crippen LogP contribution in [0.3, 0.4) is 0 Å². The molecule has 15 amide bonds. The van der Waals surface area contributed by atoms with Gasteiger partial charge in [0.1, 0.15) is 78.5 Å². The van der Waals surface area contributed by atoms with Crippen LogP contribution < -0.4 is 97.8 Å². The summed E-state index contributed by atoms with van der Waals surface area (Å²) in [6, 6.07) is -20.4. The number of hydrogen-bond donors (Lipinski definition) is 22. The quantitative estimate of drug-likeness (QED) is 0.0270. The number of amides is 15. The van der Waals surface area contributed by atoms with E-state index < -0.39 is 229 Å². The highest BCUT2D eigenvalue weighted by atomic mass is 16.4. The lowest BCUT2D eigenvalue weighted by molar-refractivity contribution is -0.141. The highest BCUT2D eigenvalue weighted by Gasteiger charge is 2.38. The molecule has 0 aliphatic rings. The van der Waals surface area contributed by atoms with Gasteiger partial charge in [-0.25, -0.2) is 4.98 Å². The van der Waals surface area contributed by atoms with E-state index in [1.807, 2.05) is 0 Å². The average molecular weight is 1510 g/mol. The van der Waals surface area contributed by atoms with Crippen LogP contribution in [-0.2, 0) is 87.9 Å². The number of aliphatic carboxylic acids is 2. The number of carbonyl (C=O) groups is 17. The molecule has 27 N–H and O–H groups in total. The molecule has 0 saturated carbocycles. The molecule has 1 aromatic heterocycles. The van der Waals surface area contributed by atoms with Gasteiger partial charge in [0.25, 0.3) is 0 Å². The molecule has 14 atom stereocenters. The Morgan fingerprint density at radius 2 is 0.774 bits per heavy atom. The predicted octanol–water partition coefficient (Wildman–Crippen LogP) is -6.61. The Kier molecular flexibility index (Phi) is 42.8. The highest BCUT2D eigenvalue weighted by molar-refractivity contribution is 6.01. The maximum atomic E-state index is 14.2. The van der Waals surface area contributed by atoms with Crippen molar-refractivity contribution in [3.05, 3.63) is 18.2 Å². The molecule has 0 spiro atoms. The minimum absolute atomic E-state index is 0.0218. The van der Waals surface area contributed by atoms with Crippen molar-refractivity contribution in [3.63, 3.8) is 0 Å². The van der Waals surface area contributed by atoms with Gasteiger partial charge in [0.15, 0.2) is 0 Å². The van der Waals surface area contributed by atoms with E-state index in [2.05, 4.69) is 79.1 Å². The fourth-order valence-electron chi connectivity index (χ4n) is 10.3. The number of nitrogens with one attached hydrogen (secondary N) is 14. The van der Waals surface area contributed by atoms with Crippen molar-refractivity contribution in [2.24, 2.45) is 52.3 Å². The Labute approximate surface area is 615 Å². The molecule has 0 fully saturated rings. The second kappa shape index (κ2) is 48.2. The van der Waals surface area contributed by atoms with Gasteiger partial charge in [-0.3, -0.25) is 81.5 Å². The number of hydrogen-bond acceptors (Lipinski definition) is 22. The normalized spacial score (nSPS) is 15.2. The summed E-state index contributed by atoms with van der Waals surface area (Å²) in [5, 5.41) is 61.0. The molecule has 106 heavy (non-hydrogen) atoms. The predicted molar refractivity (Wildman–Crippen MR) is 381 cm³/mol. The number of primary amides is 2. The number of rotatable bonds is 52. The lowest BCUT2D eigenvalue weighted by atomic mass is 9.99. The fourth-order valence-corrected chi connectivity index (χ4v) is 10.3. The van der Waals surface area contributed by atoms with Gasteiger partial charge < -0.3 is 118 Å². The zero-order valence-corrected chi connectivity index (χ0v) is 62.2. The summed E-state index contributed by atoms with van der Waals surface area (Å²) in [4.78, 5) is 233. The maximum Gasteiger partial charge on any atom is 0.305 e. The molecule has 0 aromatic carbocycles. The first kappa shape index (κ1) is 94.1. The Morgan fingerprint density at radius 3 is 1.20 bits per heavy atom. The van der Waals surface area contributed by atoms with Crippen molar-refractivity contribution >= 4 is 101 Å². The zero-order chi connectivity index (χ0) is 80.8. The molecule has 0 saturated heterocycles. The Hall–Kier alpha value is -9.96. The summed E-state index contributed by atoms with van der Waals surface area (Å²) in [7, 11) is 0. The number of aliphatic hydroxyl groups is 1. The highest BCUT2D eigenvalue weighted by Crippen LogP contribution is 2.14. The van der Waals surface area contributed by atoms with Gasteiger partial charge in [-0.1, -0.05) is 55.4 Å². The molecule has 0 unspecified atom stereocenters. The molecule has 598 valence electrons. The summed E-state index contributed by atoms with van der Waals surface area (Å²) in [6.07, 6.45) is 1.65. The van der Waals surface area contributed by atoms with Gasteiger partial charge in [0.05, 0.1) is 25.4 Å². The summed E-state index contributed by atoms with van der Waals surface area (Å²) < 4.78 is 0. The van der Waals surface area contributed by atoms with Gasteiger partial charge in [-0.15, -0.1) is 0 Å². The second-order valence-corrected chi connectivity index (χ2v) is 27.5. The minimum atomic E-state index is -1.86. The topological polar surface area (TPSA) is 666 Å². The average Bonchev–Trinajstić information content (AvgIpc) is 0.903. The fraction of sp³-hybridized carbons (Fsp3) is 0.697. The van der Waals surface area contributed by atoms with Crippen molar-refractivity contribution in [3.8, 4) is 0 Å². The van der Waals surface area contributed by atoms with Crippen molar-refractivity contribution in [2.45, 2.75) is 251 Å². The largest absolute Gasteiger partial charge is 0.481 e. The number of H-pyrrole nitrogens is 1. The van der Waals surface area contributed by atoms with Gasteiger partial charge in [-0.05, 0) is 122 Å². The van der Waals surface area contributed by atoms with E-state index in [1.54, 1.807) is 55.4 Å². The van der Waals surface area contributed by atoms with Gasteiger partial charge in [0, 0.05) is 31.2 Å². The van der Waals surface area contributed by atoms with Gasteiger partial charge in [0.2, 0.25) is 88.6 Å². The van der Waals surface area contributed by atoms with Crippen LogP contribution in [-0.4, -0.2) is 230 Å². The van der Waals surface area contributed by atoms with E-state index >= 15 is 0 Å². The Morgan fingerprint density at radius 1 is 0.406 bits per heavy atom. The molecule has 1 aromatic rings. The van der Waals surface area contributed by atoms with Crippen molar-refractivity contribution < 1.29 is 96.8 Å². The number of nitrogens with two attached hydrogens (primary N) is 5. The third-order valence-corrected chi connectivity index (χ3v) is 16.4. The third kappa shape index (κ3) is 35.7. The minimum Gasteiger partial charge on any atom is -0.481 e. The van der Waals surface area contributed by atoms with Crippen molar-refractivity contribution in [2.75, 3.05) is 19.7 Å². The number of imidazole rings is 1. The number of aromatic nitrogens is 2. The second-order valence-electron chi connectivity index (χ2n) is 27.5. The molecule has 0 aliphatic heterocycles. The number of unbranched alkanes of at least 4 members (excludes halogenated alkanes) is 2. The molecular weight excluding hydrogens is 1390 g/mol. The number of carbonyl (C=O) groups excluding carboxylic acids is 15. The first-order chi connectivity index (χ1) is 49.6. The molecular formula is C66H114N20O20. The molecule has 0 bridgehead atoms. The lowest BCUT2D eigenvalue weighted by Gasteiger charge is -2.29. The van der Waals surface area contributed by atoms with Crippen molar-refractivity contribution in [1.82, 2.24) is 79.1 Å². The van der Waals surface area contributed by atoms with E-state index in [0.29, 0.717) is 37.9 Å². The molecule has 40 heteroatoms. The van der Waals surface area contributed by atoms with E-state index in [9.17, 15) is 91.7 Å². The summed E-state index contributed by atoms with van der Waals surface area (Å²) >= 11 is 0. The first-order valence-electron chi connectivity index (χ1n) is 35.3. The molecule has 0 aliphatic carbocycles. The first-order valence-corrected chi connectivity index (χ1v) is 35.3. The monoisotopic (exact) mass is 1510 g/mol.